The van der Waals surface area contributed by atoms with Crippen LogP contribution in [0.15, 0.2) is 28.8 Å². The fourth-order valence-electron chi connectivity index (χ4n) is 2.17. The molecule has 0 saturated heterocycles. The number of benzene rings is 1. The van der Waals surface area contributed by atoms with Gasteiger partial charge in [-0.05, 0) is 26.1 Å². The van der Waals surface area contributed by atoms with E-state index in [1.807, 2.05) is 45.2 Å². The number of hydrogen-bond donors (Lipinski definition) is 2. The number of amides is 1. The molecule has 0 saturated carbocycles. The maximum absolute atomic E-state index is 12.0. The number of methoxy groups -OCH3 is 1. The Kier molecular flexibility index (Phi) is 5.70. The average Bonchev–Trinajstić information content (AvgIpc) is 3.04. The van der Waals surface area contributed by atoms with E-state index in [1.54, 1.807) is 7.11 Å². The Morgan fingerprint density at radius 3 is 2.78 bits per heavy atom. The van der Waals surface area contributed by atoms with Crippen molar-refractivity contribution in [3.05, 3.63) is 30.2 Å². The molecule has 7 nitrogen and oxygen atoms in total. The molecule has 0 aliphatic heterocycles. The lowest BCUT2D eigenvalue weighted by Gasteiger charge is -2.14. The first kappa shape index (κ1) is 17.0. The number of carbonyl (C=O) groups is 1. The Hall–Kier alpha value is -2.41. The van der Waals surface area contributed by atoms with Gasteiger partial charge in [-0.15, -0.1) is 0 Å². The summed E-state index contributed by atoms with van der Waals surface area (Å²) in [7, 11) is 3.40. The van der Waals surface area contributed by atoms with Crippen molar-refractivity contribution in [3.8, 4) is 17.1 Å². The summed E-state index contributed by atoms with van der Waals surface area (Å²) in [4.78, 5) is 16.4. The average molecular weight is 318 g/mol. The second-order valence-corrected chi connectivity index (χ2v) is 5.35. The van der Waals surface area contributed by atoms with Crippen molar-refractivity contribution in [2.75, 3.05) is 20.7 Å². The maximum Gasteiger partial charge on any atom is 0.249 e. The second-order valence-electron chi connectivity index (χ2n) is 5.35. The molecule has 1 aromatic heterocycles. The normalized spacial score (nSPS) is 13.4. The fourth-order valence-corrected chi connectivity index (χ4v) is 2.17. The zero-order valence-electron chi connectivity index (χ0n) is 13.8. The quantitative estimate of drug-likeness (QED) is 0.809. The molecule has 0 radical (unpaired) electrons. The van der Waals surface area contributed by atoms with E-state index in [-0.39, 0.29) is 17.9 Å². The number of nitrogens with zero attached hydrogens (tertiary/aromatic N) is 2. The third-order valence-electron chi connectivity index (χ3n) is 3.48. The van der Waals surface area contributed by atoms with Gasteiger partial charge in [0, 0.05) is 12.5 Å². The number of nitrogens with one attached hydrogen (secondary N) is 2. The highest BCUT2D eigenvalue weighted by molar-refractivity contribution is 5.78. The highest BCUT2D eigenvalue weighted by Crippen LogP contribution is 2.27. The van der Waals surface area contributed by atoms with E-state index >= 15 is 0 Å². The van der Waals surface area contributed by atoms with Crippen molar-refractivity contribution < 1.29 is 14.1 Å². The summed E-state index contributed by atoms with van der Waals surface area (Å²) < 4.78 is 10.6. The number of hydrogen-bond acceptors (Lipinski definition) is 6. The van der Waals surface area contributed by atoms with Gasteiger partial charge < -0.3 is 19.9 Å². The molecular formula is C16H22N4O3. The van der Waals surface area contributed by atoms with Gasteiger partial charge in [0.15, 0.2) is 0 Å². The van der Waals surface area contributed by atoms with Crippen LogP contribution in [-0.2, 0) is 4.79 Å². The summed E-state index contributed by atoms with van der Waals surface area (Å²) in [5.41, 5.74) is 0.743. The van der Waals surface area contributed by atoms with E-state index in [4.69, 9.17) is 9.26 Å². The Labute approximate surface area is 135 Å². The molecule has 0 aliphatic carbocycles. The molecule has 23 heavy (non-hydrogen) atoms. The van der Waals surface area contributed by atoms with Crippen molar-refractivity contribution in [1.29, 1.82) is 0 Å². The van der Waals surface area contributed by atoms with Crippen molar-refractivity contribution in [3.63, 3.8) is 0 Å². The summed E-state index contributed by atoms with van der Waals surface area (Å²) in [6.45, 7) is 4.27. The van der Waals surface area contributed by atoms with Crippen LogP contribution < -0.4 is 15.4 Å². The Balaban J connectivity index is 2.11. The number of carbonyl (C=O) groups excluding carboxylic acids is 1. The molecule has 2 atom stereocenters. The molecule has 124 valence electrons. The number of rotatable bonds is 7. The molecule has 0 aliphatic rings. The summed E-state index contributed by atoms with van der Waals surface area (Å²) >= 11 is 0. The third kappa shape index (κ3) is 4.07. The highest BCUT2D eigenvalue weighted by Gasteiger charge is 2.21. The number of aromatic nitrogens is 2. The third-order valence-corrected chi connectivity index (χ3v) is 3.48. The van der Waals surface area contributed by atoms with Crippen LogP contribution in [0, 0.1) is 5.92 Å². The van der Waals surface area contributed by atoms with Crippen molar-refractivity contribution >= 4 is 5.91 Å². The Bertz CT molecular complexity index is 656. The summed E-state index contributed by atoms with van der Waals surface area (Å²) in [5, 5.41) is 9.82. The topological polar surface area (TPSA) is 89.3 Å². The van der Waals surface area contributed by atoms with Crippen LogP contribution in [0.5, 0.6) is 5.75 Å². The van der Waals surface area contributed by atoms with Gasteiger partial charge in [-0.2, -0.15) is 4.98 Å². The second kappa shape index (κ2) is 7.73. The van der Waals surface area contributed by atoms with Crippen LogP contribution in [0.1, 0.15) is 25.8 Å². The monoisotopic (exact) mass is 318 g/mol. The van der Waals surface area contributed by atoms with Gasteiger partial charge in [-0.3, -0.25) is 4.79 Å². The zero-order chi connectivity index (χ0) is 16.8. The zero-order valence-corrected chi connectivity index (χ0v) is 13.8. The van der Waals surface area contributed by atoms with Crippen molar-refractivity contribution in [2.24, 2.45) is 5.92 Å². The minimum atomic E-state index is -0.363. The molecule has 2 rings (SSSR count). The van der Waals surface area contributed by atoms with E-state index in [1.165, 1.54) is 0 Å². The number of ether oxygens (including phenoxy) is 1. The predicted octanol–water partition coefficient (Wildman–Crippen LogP) is 1.78. The molecule has 2 aromatic rings. The molecule has 0 fully saturated rings. The standard InChI is InChI=1S/C16H22N4O3/c1-10(9-17-3)15(21)18-11(2)16-19-14(20-23-16)12-7-5-6-8-13(12)22-4/h5-8,10-11,17H,9H2,1-4H3,(H,18,21). The molecule has 1 amide bonds. The molecule has 2 N–H and O–H groups in total. The van der Waals surface area contributed by atoms with Crippen molar-refractivity contribution in [2.45, 2.75) is 19.9 Å². The summed E-state index contributed by atoms with van der Waals surface area (Å²) in [6, 6.07) is 7.06. The van der Waals surface area contributed by atoms with Crippen molar-refractivity contribution in [1.82, 2.24) is 20.8 Å². The minimum Gasteiger partial charge on any atom is -0.496 e. The van der Waals surface area contributed by atoms with E-state index in [2.05, 4.69) is 20.8 Å². The van der Waals surface area contributed by atoms with Crippen LogP contribution in [0.2, 0.25) is 0 Å². The molecule has 1 heterocycles. The first-order valence-corrected chi connectivity index (χ1v) is 7.48. The van der Waals surface area contributed by atoms with Gasteiger partial charge in [0.1, 0.15) is 11.8 Å². The fraction of sp³-hybridized carbons (Fsp3) is 0.438. The van der Waals surface area contributed by atoms with Gasteiger partial charge in [0.05, 0.1) is 12.7 Å². The van der Waals surface area contributed by atoms with Crippen LogP contribution in [0.25, 0.3) is 11.4 Å². The largest absolute Gasteiger partial charge is 0.496 e. The lowest BCUT2D eigenvalue weighted by molar-refractivity contribution is -0.125. The van der Waals surface area contributed by atoms with Gasteiger partial charge >= 0.3 is 0 Å². The first-order valence-electron chi connectivity index (χ1n) is 7.48. The van der Waals surface area contributed by atoms with Crippen LogP contribution in [0.3, 0.4) is 0 Å². The van der Waals surface area contributed by atoms with E-state index < -0.39 is 0 Å². The summed E-state index contributed by atoms with van der Waals surface area (Å²) in [6.07, 6.45) is 0. The Morgan fingerprint density at radius 1 is 1.35 bits per heavy atom. The van der Waals surface area contributed by atoms with Gasteiger partial charge in [-0.1, -0.05) is 24.2 Å². The van der Waals surface area contributed by atoms with Gasteiger partial charge in [-0.25, -0.2) is 0 Å². The SMILES string of the molecule is CNCC(C)C(=O)NC(C)c1nc(-c2ccccc2OC)no1. The van der Waals surface area contributed by atoms with E-state index in [0.717, 1.165) is 5.56 Å². The van der Waals surface area contributed by atoms with Gasteiger partial charge in [0.25, 0.3) is 0 Å². The molecule has 0 spiro atoms. The molecular weight excluding hydrogens is 296 g/mol. The maximum atomic E-state index is 12.0. The predicted molar refractivity (Wildman–Crippen MR) is 85.9 cm³/mol. The molecule has 1 aromatic carbocycles. The lowest BCUT2D eigenvalue weighted by atomic mass is 10.1. The summed E-state index contributed by atoms with van der Waals surface area (Å²) in [5.74, 6) is 1.25. The molecule has 7 heteroatoms. The Morgan fingerprint density at radius 2 is 2.09 bits per heavy atom. The van der Waals surface area contributed by atoms with Gasteiger partial charge in [0.2, 0.25) is 17.6 Å². The van der Waals surface area contributed by atoms with Crippen LogP contribution in [0.4, 0.5) is 0 Å². The number of para-hydroxylation sites is 1. The molecule has 0 bridgehead atoms. The van der Waals surface area contributed by atoms with Crippen LogP contribution >= 0.6 is 0 Å². The minimum absolute atomic E-state index is 0.0658. The van der Waals surface area contributed by atoms with E-state index in [9.17, 15) is 4.79 Å². The van der Waals surface area contributed by atoms with Crippen LogP contribution in [-0.4, -0.2) is 36.8 Å². The molecule has 2 unspecified atom stereocenters. The highest BCUT2D eigenvalue weighted by atomic mass is 16.5. The van der Waals surface area contributed by atoms with E-state index in [0.29, 0.717) is 24.0 Å². The lowest BCUT2D eigenvalue weighted by Crippen LogP contribution is -2.35. The first-order chi connectivity index (χ1) is 11.1. The smallest absolute Gasteiger partial charge is 0.249 e.